The van der Waals surface area contributed by atoms with Gasteiger partial charge < -0.3 is 14.6 Å². The molecule has 7 nitrogen and oxygen atoms in total. The van der Waals surface area contributed by atoms with Gasteiger partial charge in [-0.3, -0.25) is 5.32 Å². The van der Waals surface area contributed by atoms with Gasteiger partial charge in [0.15, 0.2) is 6.73 Å². The van der Waals surface area contributed by atoms with E-state index in [2.05, 4.69) is 5.32 Å². The molecule has 1 amide bonds. The van der Waals surface area contributed by atoms with Gasteiger partial charge in [-0.25, -0.2) is 14.5 Å². The zero-order chi connectivity index (χ0) is 13.3. The predicted octanol–water partition coefficient (Wildman–Crippen LogP) is -0.354. The molecule has 1 fully saturated rings. The molecule has 1 aliphatic rings. The minimum Gasteiger partial charge on any atom is -0.444 e. The van der Waals surface area contributed by atoms with Crippen LogP contribution in [0.5, 0.6) is 0 Å². The molecule has 1 unspecified atom stereocenters. The van der Waals surface area contributed by atoms with Gasteiger partial charge in [0.1, 0.15) is 5.60 Å². The number of ether oxygens (including phenoxy) is 2. The van der Waals surface area contributed by atoms with Crippen molar-refractivity contribution >= 4 is 12.1 Å². The fourth-order valence-corrected chi connectivity index (χ4v) is 1.45. The molecule has 0 aromatic rings. The third-order valence-corrected chi connectivity index (χ3v) is 2.38. The number of aliphatic hydroxyl groups is 1. The van der Waals surface area contributed by atoms with Gasteiger partial charge >= 0.3 is 12.1 Å². The fraction of sp³-hybridized carbons (Fsp3) is 0.800. The van der Waals surface area contributed by atoms with Crippen LogP contribution in [0.15, 0.2) is 0 Å². The van der Waals surface area contributed by atoms with Gasteiger partial charge in [0, 0.05) is 0 Å². The van der Waals surface area contributed by atoms with Crippen LogP contribution in [0.25, 0.3) is 0 Å². The molecule has 0 saturated carbocycles. The van der Waals surface area contributed by atoms with E-state index in [0.29, 0.717) is 0 Å². The van der Waals surface area contributed by atoms with Crippen LogP contribution in [-0.2, 0) is 14.3 Å². The number of cyclic esters (lactones) is 1. The molecule has 1 atom stereocenters. The van der Waals surface area contributed by atoms with E-state index in [1.807, 2.05) is 0 Å². The van der Waals surface area contributed by atoms with E-state index in [1.165, 1.54) is 7.05 Å². The van der Waals surface area contributed by atoms with Crippen molar-refractivity contribution in [3.05, 3.63) is 0 Å². The topological polar surface area (TPSA) is 88.1 Å². The number of nitrogens with zero attached hydrogens (tertiary/aromatic N) is 1. The standard InChI is InChI=1S/C10H18N2O5/c1-9(2,3)17-8(15)12-6-16-7(14)10(12,5-13)11-4/h11,13H,5-6H2,1-4H3. The van der Waals surface area contributed by atoms with Crippen molar-refractivity contribution in [1.29, 1.82) is 0 Å². The summed E-state index contributed by atoms with van der Waals surface area (Å²) in [5.74, 6) is -0.701. The van der Waals surface area contributed by atoms with E-state index in [9.17, 15) is 14.7 Å². The molecule has 0 aliphatic carbocycles. The van der Waals surface area contributed by atoms with Crippen molar-refractivity contribution in [2.24, 2.45) is 0 Å². The van der Waals surface area contributed by atoms with E-state index in [-0.39, 0.29) is 6.73 Å². The van der Waals surface area contributed by atoms with Crippen LogP contribution >= 0.6 is 0 Å². The average Bonchev–Trinajstić information content (AvgIpc) is 2.53. The number of aliphatic hydroxyl groups excluding tert-OH is 1. The van der Waals surface area contributed by atoms with Gasteiger partial charge in [-0.05, 0) is 27.8 Å². The lowest BCUT2D eigenvalue weighted by atomic mass is 10.1. The zero-order valence-corrected chi connectivity index (χ0v) is 10.4. The number of rotatable bonds is 2. The molecule has 1 rings (SSSR count). The largest absolute Gasteiger partial charge is 0.444 e. The summed E-state index contributed by atoms with van der Waals surface area (Å²) >= 11 is 0. The average molecular weight is 246 g/mol. The summed E-state index contributed by atoms with van der Waals surface area (Å²) in [5.41, 5.74) is -2.24. The third kappa shape index (κ3) is 2.50. The molecule has 7 heteroatoms. The summed E-state index contributed by atoms with van der Waals surface area (Å²) in [7, 11) is 1.46. The van der Waals surface area contributed by atoms with Crippen molar-refractivity contribution in [2.45, 2.75) is 32.0 Å². The number of carbonyl (C=O) groups excluding carboxylic acids is 2. The summed E-state index contributed by atoms with van der Waals surface area (Å²) in [6, 6.07) is 0. The van der Waals surface area contributed by atoms with Crippen LogP contribution < -0.4 is 5.32 Å². The summed E-state index contributed by atoms with van der Waals surface area (Å²) < 4.78 is 9.90. The molecule has 0 aromatic heterocycles. The Morgan fingerprint density at radius 2 is 2.24 bits per heavy atom. The first-order chi connectivity index (χ1) is 7.77. The van der Waals surface area contributed by atoms with Gasteiger partial charge in [-0.2, -0.15) is 0 Å². The van der Waals surface area contributed by atoms with Crippen molar-refractivity contribution < 1.29 is 24.2 Å². The molecule has 0 radical (unpaired) electrons. The zero-order valence-electron chi connectivity index (χ0n) is 10.4. The highest BCUT2D eigenvalue weighted by atomic mass is 16.6. The summed E-state index contributed by atoms with van der Waals surface area (Å²) in [6.45, 7) is 4.31. The quantitative estimate of drug-likeness (QED) is 0.647. The van der Waals surface area contributed by atoms with Crippen LogP contribution in [-0.4, -0.2) is 53.7 Å². The summed E-state index contributed by atoms with van der Waals surface area (Å²) in [6.07, 6.45) is -0.716. The number of hydrogen-bond donors (Lipinski definition) is 2. The van der Waals surface area contributed by atoms with Gasteiger partial charge in [0.05, 0.1) is 6.61 Å². The maximum atomic E-state index is 11.9. The Kier molecular flexibility index (Phi) is 3.63. The van der Waals surface area contributed by atoms with Gasteiger partial charge in [0.25, 0.3) is 0 Å². The minimum atomic E-state index is -1.55. The fourth-order valence-electron chi connectivity index (χ4n) is 1.45. The number of nitrogens with one attached hydrogen (secondary N) is 1. The van der Waals surface area contributed by atoms with Gasteiger partial charge in [-0.1, -0.05) is 0 Å². The minimum absolute atomic E-state index is 0.241. The van der Waals surface area contributed by atoms with Crippen LogP contribution in [0.4, 0.5) is 4.79 Å². The third-order valence-electron chi connectivity index (χ3n) is 2.38. The molecule has 98 valence electrons. The molecule has 1 aliphatic heterocycles. The predicted molar refractivity (Wildman–Crippen MR) is 57.9 cm³/mol. The Bertz CT molecular complexity index is 319. The van der Waals surface area contributed by atoms with Gasteiger partial charge in [0.2, 0.25) is 5.66 Å². The van der Waals surface area contributed by atoms with E-state index in [4.69, 9.17) is 9.47 Å². The number of likely N-dealkylation sites (N-methyl/N-ethyl adjacent to an activating group) is 1. The van der Waals surface area contributed by atoms with Crippen molar-refractivity contribution in [3.8, 4) is 0 Å². The molecule has 0 aromatic carbocycles. The lowest BCUT2D eigenvalue weighted by molar-refractivity contribution is -0.145. The molecular formula is C10H18N2O5. The van der Waals surface area contributed by atoms with Crippen molar-refractivity contribution in [2.75, 3.05) is 20.4 Å². The maximum Gasteiger partial charge on any atom is 0.415 e. The van der Waals surface area contributed by atoms with E-state index in [1.54, 1.807) is 20.8 Å². The van der Waals surface area contributed by atoms with E-state index < -0.39 is 29.9 Å². The van der Waals surface area contributed by atoms with Gasteiger partial charge in [-0.15, -0.1) is 0 Å². The molecule has 2 N–H and O–H groups in total. The Labute approximate surface area is 99.7 Å². The summed E-state index contributed by atoms with van der Waals surface area (Å²) in [4.78, 5) is 24.4. The van der Waals surface area contributed by atoms with Crippen LogP contribution in [0, 0.1) is 0 Å². The molecule has 0 bridgehead atoms. The molecule has 0 spiro atoms. The normalized spacial score (nSPS) is 24.8. The Morgan fingerprint density at radius 1 is 1.65 bits per heavy atom. The number of amides is 1. The molecule has 1 saturated heterocycles. The molecule has 17 heavy (non-hydrogen) atoms. The first kappa shape index (κ1) is 13.7. The van der Waals surface area contributed by atoms with E-state index >= 15 is 0 Å². The van der Waals surface area contributed by atoms with Crippen molar-refractivity contribution in [1.82, 2.24) is 10.2 Å². The summed E-state index contributed by atoms with van der Waals surface area (Å²) in [5, 5.41) is 11.9. The molecule has 1 heterocycles. The van der Waals surface area contributed by atoms with Crippen LogP contribution in [0.3, 0.4) is 0 Å². The van der Waals surface area contributed by atoms with Crippen LogP contribution in [0.2, 0.25) is 0 Å². The van der Waals surface area contributed by atoms with Crippen LogP contribution in [0.1, 0.15) is 20.8 Å². The Morgan fingerprint density at radius 3 is 2.65 bits per heavy atom. The first-order valence-electron chi connectivity index (χ1n) is 5.24. The highest BCUT2D eigenvalue weighted by Gasteiger charge is 2.53. The second-order valence-corrected chi connectivity index (χ2v) is 4.74. The van der Waals surface area contributed by atoms with E-state index in [0.717, 1.165) is 4.90 Å². The molecular weight excluding hydrogens is 228 g/mol. The smallest absolute Gasteiger partial charge is 0.415 e. The Balaban J connectivity index is 2.90. The highest BCUT2D eigenvalue weighted by molar-refractivity contribution is 5.87. The second kappa shape index (κ2) is 4.50. The van der Waals surface area contributed by atoms with Crippen molar-refractivity contribution in [3.63, 3.8) is 0 Å². The SMILES string of the molecule is CNC1(CO)C(=O)OCN1C(=O)OC(C)(C)C. The number of hydrogen-bond acceptors (Lipinski definition) is 6. The monoisotopic (exact) mass is 246 g/mol. The second-order valence-electron chi connectivity index (χ2n) is 4.74. The maximum absolute atomic E-state index is 11.9. The lowest BCUT2D eigenvalue weighted by Crippen LogP contribution is -2.63. The first-order valence-corrected chi connectivity index (χ1v) is 5.24. The highest BCUT2D eigenvalue weighted by Crippen LogP contribution is 2.23. The lowest BCUT2D eigenvalue weighted by Gasteiger charge is -2.32. The Hall–Kier alpha value is -1.34. The number of esters is 1. The number of carbonyl (C=O) groups is 2.